The molecule has 140 valence electrons. The van der Waals surface area contributed by atoms with Crippen LogP contribution in [-0.2, 0) is 27.8 Å². The molecule has 8 heteroatoms. The summed E-state index contributed by atoms with van der Waals surface area (Å²) in [5.74, 6) is -0.0439. The molecule has 3 heterocycles. The fourth-order valence-electron chi connectivity index (χ4n) is 2.96. The Morgan fingerprint density at radius 3 is 2.69 bits per heavy atom. The van der Waals surface area contributed by atoms with Crippen LogP contribution in [0, 0.1) is 0 Å². The van der Waals surface area contributed by atoms with Crippen LogP contribution in [-0.4, -0.2) is 48.7 Å². The average Bonchev–Trinajstić information content (AvgIpc) is 3.12. The smallest absolute Gasteiger partial charge is 0.252 e. The predicted octanol–water partition coefficient (Wildman–Crippen LogP) is 2.52. The third kappa shape index (κ3) is 4.49. The SMILES string of the molecule is CN(Cc1cccnc1)C(=O)Cc1ccc(S(=O)(=O)N2CCCCC2)s1. The first-order valence-electron chi connectivity index (χ1n) is 8.68. The summed E-state index contributed by atoms with van der Waals surface area (Å²) in [7, 11) is -1.68. The number of aromatic nitrogens is 1. The molecule has 1 aliphatic heterocycles. The van der Waals surface area contributed by atoms with Crippen LogP contribution in [0.4, 0.5) is 0 Å². The fraction of sp³-hybridized carbons (Fsp3) is 0.444. The first-order valence-corrected chi connectivity index (χ1v) is 10.9. The highest BCUT2D eigenvalue weighted by Crippen LogP contribution is 2.27. The number of thiophene rings is 1. The van der Waals surface area contributed by atoms with Crippen LogP contribution >= 0.6 is 11.3 Å². The molecule has 0 unspecified atom stereocenters. The zero-order valence-corrected chi connectivity index (χ0v) is 16.4. The third-order valence-corrected chi connectivity index (χ3v) is 7.89. The molecule has 6 nitrogen and oxygen atoms in total. The second-order valence-electron chi connectivity index (χ2n) is 6.47. The molecule has 0 radical (unpaired) electrons. The van der Waals surface area contributed by atoms with Gasteiger partial charge in [-0.3, -0.25) is 9.78 Å². The molecule has 1 aliphatic rings. The van der Waals surface area contributed by atoms with Crippen molar-refractivity contribution in [1.82, 2.24) is 14.2 Å². The molecular formula is C18H23N3O3S2. The van der Waals surface area contributed by atoms with Crippen molar-refractivity contribution in [3.63, 3.8) is 0 Å². The number of sulfonamides is 1. The third-order valence-electron chi connectivity index (χ3n) is 4.44. The second-order valence-corrected chi connectivity index (χ2v) is 9.81. The molecule has 3 rings (SSSR count). The van der Waals surface area contributed by atoms with Gasteiger partial charge >= 0.3 is 0 Å². The van der Waals surface area contributed by atoms with Gasteiger partial charge in [-0.2, -0.15) is 4.31 Å². The summed E-state index contributed by atoms with van der Waals surface area (Å²) in [5.41, 5.74) is 0.961. The Labute approximate surface area is 158 Å². The number of amides is 1. The Hall–Kier alpha value is -1.77. The average molecular weight is 394 g/mol. The van der Waals surface area contributed by atoms with E-state index < -0.39 is 10.0 Å². The number of hydrogen-bond acceptors (Lipinski definition) is 5. The Bertz CT molecular complexity index is 844. The molecule has 2 aromatic rings. The molecule has 0 saturated carbocycles. The normalized spacial score (nSPS) is 15.7. The van der Waals surface area contributed by atoms with Crippen molar-refractivity contribution in [1.29, 1.82) is 0 Å². The van der Waals surface area contributed by atoms with E-state index in [2.05, 4.69) is 4.98 Å². The molecule has 0 aliphatic carbocycles. The zero-order valence-electron chi connectivity index (χ0n) is 14.8. The number of hydrogen-bond donors (Lipinski definition) is 0. The van der Waals surface area contributed by atoms with Gasteiger partial charge in [0, 0.05) is 44.0 Å². The van der Waals surface area contributed by atoms with Crippen molar-refractivity contribution in [2.24, 2.45) is 0 Å². The summed E-state index contributed by atoms with van der Waals surface area (Å²) >= 11 is 1.20. The van der Waals surface area contributed by atoms with Gasteiger partial charge in [-0.25, -0.2) is 8.42 Å². The maximum atomic E-state index is 12.7. The van der Waals surface area contributed by atoms with Crippen LogP contribution in [0.25, 0.3) is 0 Å². The maximum absolute atomic E-state index is 12.7. The van der Waals surface area contributed by atoms with Gasteiger partial charge in [0.1, 0.15) is 4.21 Å². The van der Waals surface area contributed by atoms with Crippen LogP contribution < -0.4 is 0 Å². The first-order chi connectivity index (χ1) is 12.5. The molecule has 1 fully saturated rings. The highest BCUT2D eigenvalue weighted by atomic mass is 32.2. The lowest BCUT2D eigenvalue weighted by Crippen LogP contribution is -2.35. The predicted molar refractivity (Wildman–Crippen MR) is 101 cm³/mol. The highest BCUT2D eigenvalue weighted by molar-refractivity contribution is 7.91. The van der Waals surface area contributed by atoms with Gasteiger partial charge in [0.2, 0.25) is 5.91 Å². The lowest BCUT2D eigenvalue weighted by atomic mass is 10.2. The molecule has 2 aromatic heterocycles. The van der Waals surface area contributed by atoms with Gasteiger partial charge in [0.15, 0.2) is 0 Å². The van der Waals surface area contributed by atoms with Crippen molar-refractivity contribution in [3.8, 4) is 0 Å². The fourth-order valence-corrected chi connectivity index (χ4v) is 5.98. The summed E-state index contributed by atoms with van der Waals surface area (Å²) in [6, 6.07) is 7.13. The Balaban J connectivity index is 1.63. The van der Waals surface area contributed by atoms with Crippen molar-refractivity contribution >= 4 is 27.3 Å². The minimum atomic E-state index is -3.43. The number of piperidine rings is 1. The zero-order chi connectivity index (χ0) is 18.6. The van der Waals surface area contributed by atoms with Crippen molar-refractivity contribution in [2.45, 2.75) is 36.4 Å². The Morgan fingerprint density at radius 2 is 2.00 bits per heavy atom. The molecule has 1 saturated heterocycles. The van der Waals surface area contributed by atoms with E-state index in [9.17, 15) is 13.2 Å². The Kier molecular flexibility index (Phi) is 6.05. The van der Waals surface area contributed by atoms with Crippen molar-refractivity contribution in [3.05, 3.63) is 47.1 Å². The topological polar surface area (TPSA) is 70.6 Å². The maximum Gasteiger partial charge on any atom is 0.252 e. The van der Waals surface area contributed by atoms with Gasteiger partial charge in [-0.1, -0.05) is 12.5 Å². The van der Waals surface area contributed by atoms with Crippen LogP contribution in [0.2, 0.25) is 0 Å². The number of pyridine rings is 1. The summed E-state index contributed by atoms with van der Waals surface area (Å²) < 4.78 is 27.3. The largest absolute Gasteiger partial charge is 0.341 e. The van der Waals surface area contributed by atoms with Gasteiger partial charge < -0.3 is 4.90 Å². The number of nitrogens with zero attached hydrogens (tertiary/aromatic N) is 3. The van der Waals surface area contributed by atoms with Gasteiger partial charge in [0.25, 0.3) is 10.0 Å². The van der Waals surface area contributed by atoms with Crippen LogP contribution in [0.3, 0.4) is 0 Å². The minimum Gasteiger partial charge on any atom is -0.341 e. The summed E-state index contributed by atoms with van der Waals surface area (Å²) in [6.07, 6.45) is 6.54. The van der Waals surface area contributed by atoms with E-state index in [1.165, 1.54) is 11.3 Å². The monoisotopic (exact) mass is 393 g/mol. The quantitative estimate of drug-likeness (QED) is 0.756. The van der Waals surface area contributed by atoms with Gasteiger partial charge in [-0.15, -0.1) is 11.3 Å². The molecule has 0 spiro atoms. The van der Waals surface area contributed by atoms with Gasteiger partial charge in [-0.05, 0) is 36.6 Å². The lowest BCUT2D eigenvalue weighted by molar-refractivity contribution is -0.129. The van der Waals surface area contributed by atoms with Gasteiger partial charge in [0.05, 0.1) is 6.42 Å². The molecule has 1 amide bonds. The van der Waals surface area contributed by atoms with E-state index in [4.69, 9.17) is 0 Å². The van der Waals surface area contributed by atoms with E-state index >= 15 is 0 Å². The van der Waals surface area contributed by atoms with E-state index in [-0.39, 0.29) is 12.3 Å². The number of carbonyl (C=O) groups is 1. The standard InChI is InChI=1S/C18H23N3O3S2/c1-20(14-15-6-5-9-19-13-15)17(22)12-16-7-8-18(25-16)26(23,24)21-10-3-2-4-11-21/h5-9,13H,2-4,10-12,14H2,1H3. The minimum absolute atomic E-state index is 0.0439. The number of carbonyl (C=O) groups excluding carboxylic acids is 1. The number of rotatable bonds is 6. The van der Waals surface area contributed by atoms with E-state index in [0.29, 0.717) is 23.8 Å². The molecular weight excluding hydrogens is 370 g/mol. The Morgan fingerprint density at radius 1 is 1.23 bits per heavy atom. The van der Waals surface area contributed by atoms with Crippen LogP contribution in [0.5, 0.6) is 0 Å². The molecule has 0 bridgehead atoms. The van der Waals surface area contributed by atoms with Crippen molar-refractivity contribution in [2.75, 3.05) is 20.1 Å². The molecule has 0 N–H and O–H groups in total. The van der Waals surface area contributed by atoms with E-state index in [1.807, 2.05) is 12.1 Å². The van der Waals surface area contributed by atoms with Crippen molar-refractivity contribution < 1.29 is 13.2 Å². The van der Waals surface area contributed by atoms with Crippen LogP contribution in [0.1, 0.15) is 29.7 Å². The molecule has 0 aromatic carbocycles. The summed E-state index contributed by atoms with van der Waals surface area (Å²) in [5, 5.41) is 0. The molecule has 0 atom stereocenters. The van der Waals surface area contributed by atoms with E-state index in [1.54, 1.807) is 40.8 Å². The second kappa shape index (κ2) is 8.28. The summed E-state index contributed by atoms with van der Waals surface area (Å²) in [4.78, 5) is 18.9. The first kappa shape index (κ1) is 19.0. The van der Waals surface area contributed by atoms with E-state index in [0.717, 1.165) is 29.7 Å². The molecule has 26 heavy (non-hydrogen) atoms. The summed E-state index contributed by atoms with van der Waals surface area (Å²) in [6.45, 7) is 1.65. The number of likely N-dealkylation sites (N-methyl/N-ethyl adjacent to an activating group) is 1. The highest BCUT2D eigenvalue weighted by Gasteiger charge is 2.27. The lowest BCUT2D eigenvalue weighted by Gasteiger charge is -2.25. The van der Waals surface area contributed by atoms with Crippen LogP contribution in [0.15, 0.2) is 40.9 Å².